The molecule has 0 saturated carbocycles. The van der Waals surface area contributed by atoms with Gasteiger partial charge in [0.05, 0.1) is 5.75 Å². The molecule has 0 fully saturated rings. The molecule has 0 bridgehead atoms. The van der Waals surface area contributed by atoms with Gasteiger partial charge >= 0.3 is 0 Å². The molecule has 0 unspecified atom stereocenters. The molecule has 0 aliphatic heterocycles. The molecule has 0 aliphatic rings. The van der Waals surface area contributed by atoms with Gasteiger partial charge in [-0.05, 0) is 49.2 Å². The van der Waals surface area contributed by atoms with Crippen LogP contribution in [0, 0.1) is 13.8 Å². The number of carbonyl (C=O) groups excluding carboxylic acids is 1. The van der Waals surface area contributed by atoms with Crippen LogP contribution in [0.2, 0.25) is 0 Å². The van der Waals surface area contributed by atoms with Gasteiger partial charge in [-0.2, -0.15) is 0 Å². The second-order valence-electron chi connectivity index (χ2n) is 6.15. The average Bonchev–Trinajstić information content (AvgIpc) is 3.03. The van der Waals surface area contributed by atoms with Crippen LogP contribution in [0.1, 0.15) is 11.1 Å². The van der Waals surface area contributed by atoms with E-state index < -0.39 is 0 Å². The van der Waals surface area contributed by atoms with E-state index in [4.69, 9.17) is 0 Å². The van der Waals surface area contributed by atoms with Gasteiger partial charge in [0.2, 0.25) is 5.91 Å². The van der Waals surface area contributed by atoms with Crippen LogP contribution in [0.3, 0.4) is 0 Å². The molecule has 0 atom stereocenters. The smallest absolute Gasteiger partial charge is 0.234 e. The minimum atomic E-state index is -0.0800. The van der Waals surface area contributed by atoms with E-state index in [1.807, 2.05) is 42.7 Å². The summed E-state index contributed by atoms with van der Waals surface area (Å²) in [5, 5.41) is 12.1. The molecule has 1 N–H and O–H groups in total. The van der Waals surface area contributed by atoms with Crippen molar-refractivity contribution in [3.05, 3.63) is 66.5 Å². The lowest BCUT2D eigenvalue weighted by atomic mass is 10.1. The van der Waals surface area contributed by atoms with Crippen LogP contribution >= 0.6 is 11.8 Å². The largest absolute Gasteiger partial charge is 0.325 e. The Bertz CT molecular complexity index is 932. The van der Waals surface area contributed by atoms with E-state index in [1.54, 1.807) is 18.5 Å². The lowest BCUT2D eigenvalue weighted by Gasteiger charge is -2.09. The Morgan fingerprint density at radius 3 is 2.56 bits per heavy atom. The van der Waals surface area contributed by atoms with Crippen molar-refractivity contribution >= 4 is 23.4 Å². The predicted molar refractivity (Wildman–Crippen MR) is 109 cm³/mol. The van der Waals surface area contributed by atoms with Crippen molar-refractivity contribution in [3.63, 3.8) is 0 Å². The van der Waals surface area contributed by atoms with Gasteiger partial charge < -0.3 is 5.32 Å². The average molecular weight is 379 g/mol. The maximum Gasteiger partial charge on any atom is 0.234 e. The third-order valence-corrected chi connectivity index (χ3v) is 4.77. The zero-order valence-corrected chi connectivity index (χ0v) is 16.2. The molecule has 2 heterocycles. The molecule has 3 aromatic rings. The Morgan fingerprint density at radius 1 is 1.19 bits per heavy atom. The molecule has 3 rings (SSSR count). The highest BCUT2D eigenvalue weighted by Crippen LogP contribution is 2.24. The molecule has 138 valence electrons. The minimum absolute atomic E-state index is 0.0800. The molecular formula is C20H21N5OS. The molecule has 7 heteroatoms. The number of benzene rings is 1. The number of aryl methyl sites for hydroxylation is 2. The summed E-state index contributed by atoms with van der Waals surface area (Å²) in [6.07, 6.45) is 5.21. The summed E-state index contributed by atoms with van der Waals surface area (Å²) in [5.74, 6) is 0.900. The van der Waals surface area contributed by atoms with E-state index in [0.717, 1.165) is 28.2 Å². The van der Waals surface area contributed by atoms with Gasteiger partial charge in [0, 0.05) is 30.2 Å². The fourth-order valence-electron chi connectivity index (χ4n) is 2.78. The highest BCUT2D eigenvalue weighted by Gasteiger charge is 2.15. The van der Waals surface area contributed by atoms with E-state index in [-0.39, 0.29) is 11.7 Å². The minimum Gasteiger partial charge on any atom is -0.325 e. The van der Waals surface area contributed by atoms with Gasteiger partial charge in [0.1, 0.15) is 0 Å². The molecular weight excluding hydrogens is 358 g/mol. The maximum atomic E-state index is 12.3. The topological polar surface area (TPSA) is 72.7 Å². The summed E-state index contributed by atoms with van der Waals surface area (Å²) in [7, 11) is 0. The number of anilines is 1. The number of thioether (sulfide) groups is 1. The fourth-order valence-corrected chi connectivity index (χ4v) is 3.53. The van der Waals surface area contributed by atoms with Crippen LogP contribution in [0.15, 0.2) is 60.5 Å². The molecule has 2 aromatic heterocycles. The maximum absolute atomic E-state index is 12.3. The van der Waals surface area contributed by atoms with Gasteiger partial charge in [-0.1, -0.05) is 23.9 Å². The summed E-state index contributed by atoms with van der Waals surface area (Å²) in [5.41, 5.74) is 3.96. The van der Waals surface area contributed by atoms with Crippen molar-refractivity contribution < 1.29 is 4.79 Å². The zero-order chi connectivity index (χ0) is 19.2. The summed E-state index contributed by atoms with van der Waals surface area (Å²) < 4.78 is 1.94. The number of allylic oxidation sites excluding steroid dienone is 1. The van der Waals surface area contributed by atoms with E-state index >= 15 is 0 Å². The fraction of sp³-hybridized carbons (Fsp3) is 0.200. The Labute approximate surface area is 162 Å². The first-order valence-corrected chi connectivity index (χ1v) is 9.51. The predicted octanol–water partition coefficient (Wildman–Crippen LogP) is 3.87. The molecule has 0 radical (unpaired) electrons. The standard InChI is InChI=1S/C20H21N5OS/c1-4-9-25-19(16-5-7-21-8-6-16)23-24-20(25)27-13-18(26)22-17-11-14(2)10-15(3)12-17/h4-8,10-12H,1,9,13H2,2-3H3,(H,22,26). The third kappa shape index (κ3) is 4.83. The Hall–Kier alpha value is -2.93. The van der Waals surface area contributed by atoms with Gasteiger partial charge in [-0.15, -0.1) is 16.8 Å². The number of hydrogen-bond acceptors (Lipinski definition) is 5. The van der Waals surface area contributed by atoms with Gasteiger partial charge in [-0.25, -0.2) is 0 Å². The first-order valence-electron chi connectivity index (χ1n) is 8.52. The number of nitrogens with zero attached hydrogens (tertiary/aromatic N) is 4. The summed E-state index contributed by atoms with van der Waals surface area (Å²) >= 11 is 1.35. The second-order valence-corrected chi connectivity index (χ2v) is 7.10. The molecule has 1 amide bonds. The van der Waals surface area contributed by atoms with Crippen molar-refractivity contribution in [2.45, 2.75) is 25.5 Å². The number of aromatic nitrogens is 4. The van der Waals surface area contributed by atoms with E-state index in [2.05, 4.69) is 33.1 Å². The van der Waals surface area contributed by atoms with E-state index in [0.29, 0.717) is 11.7 Å². The summed E-state index contributed by atoms with van der Waals surface area (Å²) in [6, 6.07) is 9.74. The van der Waals surface area contributed by atoms with Gasteiger partial charge in [0.15, 0.2) is 11.0 Å². The lowest BCUT2D eigenvalue weighted by Crippen LogP contribution is -2.15. The van der Waals surface area contributed by atoms with Crippen molar-refractivity contribution in [1.29, 1.82) is 0 Å². The van der Waals surface area contributed by atoms with Gasteiger partial charge in [-0.3, -0.25) is 14.3 Å². The first kappa shape index (κ1) is 18.8. The van der Waals surface area contributed by atoms with E-state index in [9.17, 15) is 4.79 Å². The normalized spacial score (nSPS) is 10.6. The first-order chi connectivity index (χ1) is 13.1. The van der Waals surface area contributed by atoms with Crippen LogP contribution in [-0.2, 0) is 11.3 Å². The number of nitrogens with one attached hydrogen (secondary N) is 1. The molecule has 0 aliphatic carbocycles. The summed E-state index contributed by atoms with van der Waals surface area (Å²) in [4.78, 5) is 16.4. The Morgan fingerprint density at radius 2 is 1.89 bits per heavy atom. The van der Waals surface area contributed by atoms with Gasteiger partial charge in [0.25, 0.3) is 0 Å². The van der Waals surface area contributed by atoms with Crippen LogP contribution in [-0.4, -0.2) is 31.4 Å². The molecule has 0 saturated heterocycles. The van der Waals surface area contributed by atoms with Crippen molar-refractivity contribution in [1.82, 2.24) is 19.7 Å². The van der Waals surface area contributed by atoms with Crippen LogP contribution in [0.4, 0.5) is 5.69 Å². The Balaban J connectivity index is 1.71. The highest BCUT2D eigenvalue weighted by molar-refractivity contribution is 7.99. The SMILES string of the molecule is C=CCn1c(SCC(=O)Nc2cc(C)cc(C)c2)nnc1-c1ccncc1. The van der Waals surface area contributed by atoms with Crippen molar-refractivity contribution in [2.75, 3.05) is 11.1 Å². The lowest BCUT2D eigenvalue weighted by molar-refractivity contribution is -0.113. The van der Waals surface area contributed by atoms with Crippen LogP contribution < -0.4 is 5.32 Å². The van der Waals surface area contributed by atoms with E-state index in [1.165, 1.54) is 11.8 Å². The van der Waals surface area contributed by atoms with Crippen molar-refractivity contribution in [2.24, 2.45) is 0 Å². The monoisotopic (exact) mass is 379 g/mol. The molecule has 1 aromatic carbocycles. The number of amides is 1. The zero-order valence-electron chi connectivity index (χ0n) is 15.3. The molecule has 6 nitrogen and oxygen atoms in total. The molecule has 0 spiro atoms. The number of rotatable bonds is 7. The quantitative estimate of drug-likeness (QED) is 0.498. The number of carbonyl (C=O) groups is 1. The van der Waals surface area contributed by atoms with Crippen LogP contribution in [0.5, 0.6) is 0 Å². The van der Waals surface area contributed by atoms with Crippen molar-refractivity contribution in [3.8, 4) is 11.4 Å². The second kappa shape index (κ2) is 8.64. The Kier molecular flexibility index (Phi) is 6.03. The number of pyridine rings is 1. The summed E-state index contributed by atoms with van der Waals surface area (Å²) in [6.45, 7) is 8.38. The third-order valence-electron chi connectivity index (χ3n) is 3.80. The highest BCUT2D eigenvalue weighted by atomic mass is 32.2. The number of hydrogen-bond donors (Lipinski definition) is 1. The molecule has 27 heavy (non-hydrogen) atoms. The van der Waals surface area contributed by atoms with Crippen LogP contribution in [0.25, 0.3) is 11.4 Å².